The zero-order chi connectivity index (χ0) is 12.0. The van der Waals surface area contributed by atoms with E-state index in [0.29, 0.717) is 13.0 Å². The second-order valence-electron chi connectivity index (χ2n) is 4.11. The Labute approximate surface area is 96.0 Å². The highest BCUT2D eigenvalue weighted by Gasteiger charge is 2.13. The maximum absolute atomic E-state index is 11.8. The number of carbonyl (C=O) groups excluding carboxylic acids is 1. The molecular weight excluding hydrogens is 204 g/mol. The number of hydrogen-bond acceptors (Lipinski definition) is 3. The fraction of sp³-hybridized carbons (Fsp3) is 0.636. The predicted octanol–water partition coefficient (Wildman–Crippen LogP) is 0.886. The van der Waals surface area contributed by atoms with Crippen molar-refractivity contribution in [1.29, 1.82) is 0 Å². The Morgan fingerprint density at radius 2 is 2.44 bits per heavy atom. The molecule has 0 aromatic carbocycles. The largest absolute Gasteiger partial charge is 0.341 e. The second kappa shape index (κ2) is 6.27. The molecule has 0 aliphatic carbocycles. The first-order chi connectivity index (χ1) is 7.63. The summed E-state index contributed by atoms with van der Waals surface area (Å²) in [5, 5.41) is 6.56. The molecule has 0 aliphatic rings. The fourth-order valence-electron chi connectivity index (χ4n) is 1.58. The lowest BCUT2D eigenvalue weighted by atomic mass is 10.1. The molecule has 0 spiro atoms. The van der Waals surface area contributed by atoms with Gasteiger partial charge in [0.2, 0.25) is 5.91 Å². The molecule has 1 aromatic heterocycles. The molecule has 16 heavy (non-hydrogen) atoms. The maximum atomic E-state index is 11.8. The van der Waals surface area contributed by atoms with Crippen LogP contribution in [0.5, 0.6) is 0 Å². The van der Waals surface area contributed by atoms with Crippen LogP contribution in [0, 0.1) is 0 Å². The van der Waals surface area contributed by atoms with Gasteiger partial charge in [-0.05, 0) is 6.42 Å². The minimum absolute atomic E-state index is 0.0238. The summed E-state index contributed by atoms with van der Waals surface area (Å²) in [4.78, 5) is 13.5. The van der Waals surface area contributed by atoms with Crippen molar-refractivity contribution < 1.29 is 4.79 Å². The third-order valence-corrected chi connectivity index (χ3v) is 2.50. The van der Waals surface area contributed by atoms with Crippen molar-refractivity contribution >= 4 is 5.91 Å². The summed E-state index contributed by atoms with van der Waals surface area (Å²) < 4.78 is 0. The van der Waals surface area contributed by atoms with E-state index in [1.165, 1.54) is 0 Å². The molecule has 90 valence electrons. The predicted molar refractivity (Wildman–Crippen MR) is 62.6 cm³/mol. The maximum Gasteiger partial charge on any atom is 0.224 e. The van der Waals surface area contributed by atoms with Crippen LogP contribution >= 0.6 is 0 Å². The highest BCUT2D eigenvalue weighted by molar-refractivity contribution is 5.76. The molecule has 5 heteroatoms. The molecule has 1 amide bonds. The number of carbonyl (C=O) groups is 1. The first kappa shape index (κ1) is 12.7. The number of nitrogens with zero attached hydrogens (tertiary/aromatic N) is 2. The van der Waals surface area contributed by atoms with Crippen LogP contribution in [0.15, 0.2) is 12.4 Å². The highest BCUT2D eigenvalue weighted by Crippen LogP contribution is 2.05. The molecule has 1 heterocycles. The first-order valence-electron chi connectivity index (χ1n) is 5.60. The van der Waals surface area contributed by atoms with Crippen LogP contribution in [0.1, 0.15) is 31.7 Å². The van der Waals surface area contributed by atoms with Crippen LogP contribution in [0.4, 0.5) is 0 Å². The van der Waals surface area contributed by atoms with E-state index >= 15 is 0 Å². The Hall–Kier alpha value is -1.36. The molecule has 0 aliphatic heterocycles. The number of nitrogens with one attached hydrogen (secondary N) is 1. The van der Waals surface area contributed by atoms with Crippen molar-refractivity contribution in [1.82, 2.24) is 15.1 Å². The van der Waals surface area contributed by atoms with Gasteiger partial charge in [-0.2, -0.15) is 5.10 Å². The van der Waals surface area contributed by atoms with Gasteiger partial charge in [0.25, 0.3) is 0 Å². The van der Waals surface area contributed by atoms with E-state index in [1.54, 1.807) is 24.3 Å². The number of hydrogen-bond donors (Lipinski definition) is 2. The third-order valence-electron chi connectivity index (χ3n) is 2.50. The SMILES string of the molecule is CCCC(N)CC(=O)N(C)Cc1cn[nH]c1. The molecule has 1 aromatic rings. The van der Waals surface area contributed by atoms with E-state index in [0.717, 1.165) is 18.4 Å². The van der Waals surface area contributed by atoms with Crippen molar-refractivity contribution in [2.24, 2.45) is 5.73 Å². The Kier molecular flexibility index (Phi) is 4.98. The zero-order valence-electron chi connectivity index (χ0n) is 9.94. The molecular formula is C11H20N4O. The van der Waals surface area contributed by atoms with Crippen LogP contribution < -0.4 is 5.73 Å². The normalized spacial score (nSPS) is 12.4. The molecule has 1 atom stereocenters. The van der Waals surface area contributed by atoms with Crippen molar-refractivity contribution in [3.8, 4) is 0 Å². The number of aromatic nitrogens is 2. The van der Waals surface area contributed by atoms with Gasteiger partial charge in [0, 0.05) is 37.8 Å². The van der Waals surface area contributed by atoms with Gasteiger partial charge in [-0.3, -0.25) is 9.89 Å². The van der Waals surface area contributed by atoms with E-state index in [1.807, 2.05) is 0 Å². The summed E-state index contributed by atoms with van der Waals surface area (Å²) in [6, 6.07) is -0.0238. The van der Waals surface area contributed by atoms with Crippen molar-refractivity contribution in [2.45, 2.75) is 38.8 Å². The zero-order valence-corrected chi connectivity index (χ0v) is 9.94. The van der Waals surface area contributed by atoms with Gasteiger partial charge in [0.05, 0.1) is 6.20 Å². The average molecular weight is 224 g/mol. The summed E-state index contributed by atoms with van der Waals surface area (Å²) in [7, 11) is 1.79. The summed E-state index contributed by atoms with van der Waals surface area (Å²) in [6.07, 6.45) is 5.83. The molecule has 0 radical (unpaired) electrons. The summed E-state index contributed by atoms with van der Waals surface area (Å²) in [5.74, 6) is 0.0853. The molecule has 1 rings (SSSR count). The van der Waals surface area contributed by atoms with Crippen LogP contribution in [-0.2, 0) is 11.3 Å². The number of aromatic amines is 1. The Morgan fingerprint density at radius 3 is 3.00 bits per heavy atom. The smallest absolute Gasteiger partial charge is 0.224 e. The average Bonchev–Trinajstić information content (AvgIpc) is 2.70. The molecule has 3 N–H and O–H groups in total. The molecule has 0 saturated carbocycles. The van der Waals surface area contributed by atoms with E-state index in [2.05, 4.69) is 17.1 Å². The van der Waals surface area contributed by atoms with Crippen molar-refractivity contribution in [2.75, 3.05) is 7.05 Å². The van der Waals surface area contributed by atoms with E-state index in [4.69, 9.17) is 5.73 Å². The Balaban J connectivity index is 2.36. The monoisotopic (exact) mass is 224 g/mol. The van der Waals surface area contributed by atoms with Gasteiger partial charge in [-0.1, -0.05) is 13.3 Å². The van der Waals surface area contributed by atoms with E-state index in [-0.39, 0.29) is 11.9 Å². The molecule has 1 unspecified atom stereocenters. The standard InChI is InChI=1S/C11H20N4O/c1-3-4-10(12)5-11(16)15(2)8-9-6-13-14-7-9/h6-7,10H,3-5,8,12H2,1-2H3,(H,13,14). The molecule has 5 nitrogen and oxygen atoms in total. The van der Waals surface area contributed by atoms with E-state index < -0.39 is 0 Å². The van der Waals surface area contributed by atoms with Crippen LogP contribution in [0.2, 0.25) is 0 Å². The van der Waals surface area contributed by atoms with Crippen molar-refractivity contribution in [3.63, 3.8) is 0 Å². The van der Waals surface area contributed by atoms with Crippen LogP contribution in [-0.4, -0.2) is 34.1 Å². The molecule has 0 fully saturated rings. The van der Waals surface area contributed by atoms with Gasteiger partial charge in [-0.25, -0.2) is 0 Å². The van der Waals surface area contributed by atoms with E-state index in [9.17, 15) is 4.79 Å². The molecule has 0 saturated heterocycles. The van der Waals surface area contributed by atoms with Crippen LogP contribution in [0.25, 0.3) is 0 Å². The lowest BCUT2D eigenvalue weighted by Crippen LogP contribution is -2.32. The lowest BCUT2D eigenvalue weighted by Gasteiger charge is -2.18. The topological polar surface area (TPSA) is 75.0 Å². The summed E-state index contributed by atoms with van der Waals surface area (Å²) in [6.45, 7) is 2.65. The molecule has 0 bridgehead atoms. The highest BCUT2D eigenvalue weighted by atomic mass is 16.2. The van der Waals surface area contributed by atoms with Gasteiger partial charge in [0.15, 0.2) is 0 Å². The first-order valence-corrected chi connectivity index (χ1v) is 5.60. The van der Waals surface area contributed by atoms with Crippen LogP contribution in [0.3, 0.4) is 0 Å². The number of H-pyrrole nitrogens is 1. The summed E-state index contributed by atoms with van der Waals surface area (Å²) in [5.41, 5.74) is 6.83. The van der Waals surface area contributed by atoms with Gasteiger partial charge in [0.1, 0.15) is 0 Å². The Bertz CT molecular complexity index is 310. The summed E-state index contributed by atoms with van der Waals surface area (Å²) >= 11 is 0. The minimum Gasteiger partial charge on any atom is -0.341 e. The number of nitrogens with two attached hydrogens (primary N) is 1. The number of amides is 1. The van der Waals surface area contributed by atoms with Gasteiger partial charge in [-0.15, -0.1) is 0 Å². The quantitative estimate of drug-likeness (QED) is 0.753. The minimum atomic E-state index is -0.0238. The number of rotatable bonds is 6. The second-order valence-corrected chi connectivity index (χ2v) is 4.11. The van der Waals surface area contributed by atoms with Crippen molar-refractivity contribution in [3.05, 3.63) is 18.0 Å². The van der Waals surface area contributed by atoms with Gasteiger partial charge < -0.3 is 10.6 Å². The Morgan fingerprint density at radius 1 is 1.69 bits per heavy atom. The third kappa shape index (κ3) is 4.02. The fourth-order valence-corrected chi connectivity index (χ4v) is 1.58. The lowest BCUT2D eigenvalue weighted by molar-refractivity contribution is -0.130. The van der Waals surface area contributed by atoms with Gasteiger partial charge >= 0.3 is 0 Å².